The van der Waals surface area contributed by atoms with Crippen molar-refractivity contribution in [3.63, 3.8) is 0 Å². The molecule has 0 unspecified atom stereocenters. The number of aromatic carboxylic acids is 1. The van der Waals surface area contributed by atoms with Gasteiger partial charge in [-0.3, -0.25) is 0 Å². The first kappa shape index (κ1) is 15.4. The highest BCUT2D eigenvalue weighted by Gasteiger charge is 2.14. The van der Waals surface area contributed by atoms with Crippen LogP contribution in [0.3, 0.4) is 0 Å². The molecule has 1 N–H and O–H groups in total. The standard InChI is InChI=1S/C13H15N3O4/c1-19-11-7-9(5-3-4-6-15-16-14)10(13(17)18)8-12(11)20-2/h3,5,7-8H,4,6H2,1-2H3,(H,17,18). The van der Waals surface area contributed by atoms with Crippen LogP contribution in [0.5, 0.6) is 11.5 Å². The first-order valence-corrected chi connectivity index (χ1v) is 5.80. The van der Waals surface area contributed by atoms with Crippen molar-refractivity contribution in [2.24, 2.45) is 5.11 Å². The van der Waals surface area contributed by atoms with Gasteiger partial charge in [-0.25, -0.2) is 4.79 Å². The van der Waals surface area contributed by atoms with Gasteiger partial charge in [0.05, 0.1) is 19.8 Å². The molecule has 0 saturated heterocycles. The summed E-state index contributed by atoms with van der Waals surface area (Å²) in [6.07, 6.45) is 3.91. The van der Waals surface area contributed by atoms with Gasteiger partial charge in [0.1, 0.15) is 0 Å². The number of hydrogen-bond acceptors (Lipinski definition) is 4. The molecule has 1 aromatic rings. The van der Waals surface area contributed by atoms with Crippen LogP contribution in [0.15, 0.2) is 23.3 Å². The number of ether oxygens (including phenoxy) is 2. The molecule has 106 valence electrons. The molecule has 1 rings (SSSR count). The second kappa shape index (κ2) is 7.70. The lowest BCUT2D eigenvalue weighted by Gasteiger charge is -2.10. The molecule has 20 heavy (non-hydrogen) atoms. The number of carboxylic acid groups (broad SMARTS) is 1. The molecular formula is C13H15N3O4. The molecule has 0 spiro atoms. The fraction of sp³-hybridized carbons (Fsp3) is 0.308. The zero-order chi connectivity index (χ0) is 15.0. The van der Waals surface area contributed by atoms with Crippen molar-refractivity contribution in [3.05, 3.63) is 39.8 Å². The van der Waals surface area contributed by atoms with Gasteiger partial charge in [-0.05, 0) is 29.6 Å². The number of azide groups is 1. The zero-order valence-corrected chi connectivity index (χ0v) is 11.2. The molecule has 7 nitrogen and oxygen atoms in total. The Labute approximate surface area is 116 Å². The zero-order valence-electron chi connectivity index (χ0n) is 11.2. The number of benzene rings is 1. The van der Waals surface area contributed by atoms with Crippen molar-refractivity contribution in [2.45, 2.75) is 6.42 Å². The maximum atomic E-state index is 11.2. The van der Waals surface area contributed by atoms with Crippen molar-refractivity contribution in [1.29, 1.82) is 0 Å². The number of carboxylic acids is 1. The van der Waals surface area contributed by atoms with Crippen molar-refractivity contribution in [2.75, 3.05) is 20.8 Å². The minimum atomic E-state index is -1.05. The number of nitrogens with zero attached hydrogens (tertiary/aromatic N) is 3. The van der Waals surface area contributed by atoms with Gasteiger partial charge in [-0.1, -0.05) is 17.3 Å². The highest BCUT2D eigenvalue weighted by Crippen LogP contribution is 2.31. The molecule has 0 aliphatic rings. The van der Waals surface area contributed by atoms with Gasteiger partial charge < -0.3 is 14.6 Å². The van der Waals surface area contributed by atoms with Crippen LogP contribution in [-0.2, 0) is 0 Å². The summed E-state index contributed by atoms with van der Waals surface area (Å²) in [6, 6.07) is 3.00. The summed E-state index contributed by atoms with van der Waals surface area (Å²) in [6.45, 7) is 0.322. The van der Waals surface area contributed by atoms with Crippen LogP contribution in [-0.4, -0.2) is 31.8 Å². The fourth-order valence-electron chi connectivity index (χ4n) is 1.61. The Bertz CT molecular complexity index is 563. The molecular weight excluding hydrogens is 262 g/mol. The van der Waals surface area contributed by atoms with E-state index < -0.39 is 5.97 Å². The SMILES string of the molecule is COc1cc(C=CCCN=[N+]=[N-])c(C(=O)O)cc1OC. The number of hydrogen-bond donors (Lipinski definition) is 1. The predicted octanol–water partition coefficient (Wildman–Crippen LogP) is 3.12. The minimum absolute atomic E-state index is 0.114. The smallest absolute Gasteiger partial charge is 0.336 e. The summed E-state index contributed by atoms with van der Waals surface area (Å²) in [5, 5.41) is 12.6. The topological polar surface area (TPSA) is 105 Å². The summed E-state index contributed by atoms with van der Waals surface area (Å²) in [5.74, 6) is -0.246. The summed E-state index contributed by atoms with van der Waals surface area (Å²) < 4.78 is 10.2. The molecule has 0 amide bonds. The molecule has 0 aliphatic heterocycles. The molecule has 7 heteroatoms. The van der Waals surface area contributed by atoms with E-state index in [1.807, 2.05) is 0 Å². The number of carbonyl (C=O) groups is 1. The van der Waals surface area contributed by atoms with Crippen LogP contribution < -0.4 is 9.47 Å². The highest BCUT2D eigenvalue weighted by atomic mass is 16.5. The van der Waals surface area contributed by atoms with Crippen molar-refractivity contribution in [3.8, 4) is 11.5 Å². The Morgan fingerprint density at radius 1 is 1.40 bits per heavy atom. The van der Waals surface area contributed by atoms with E-state index in [2.05, 4.69) is 10.0 Å². The maximum absolute atomic E-state index is 11.2. The van der Waals surface area contributed by atoms with Crippen molar-refractivity contribution < 1.29 is 19.4 Å². The van der Waals surface area contributed by atoms with Crippen LogP contribution in [0.25, 0.3) is 16.5 Å². The normalized spacial score (nSPS) is 10.1. The van der Waals surface area contributed by atoms with E-state index in [1.54, 1.807) is 18.2 Å². The largest absolute Gasteiger partial charge is 0.493 e. The molecule has 0 heterocycles. The lowest BCUT2D eigenvalue weighted by atomic mass is 10.1. The average Bonchev–Trinajstić information content (AvgIpc) is 2.46. The van der Waals surface area contributed by atoms with E-state index in [0.29, 0.717) is 30.0 Å². The highest BCUT2D eigenvalue weighted by molar-refractivity contribution is 5.93. The Balaban J connectivity index is 3.09. The van der Waals surface area contributed by atoms with Gasteiger partial charge in [-0.15, -0.1) is 0 Å². The van der Waals surface area contributed by atoms with E-state index in [1.165, 1.54) is 20.3 Å². The minimum Gasteiger partial charge on any atom is -0.493 e. The van der Waals surface area contributed by atoms with E-state index >= 15 is 0 Å². The van der Waals surface area contributed by atoms with Gasteiger partial charge in [0.25, 0.3) is 0 Å². The van der Waals surface area contributed by atoms with Gasteiger partial charge in [0.2, 0.25) is 0 Å². The van der Waals surface area contributed by atoms with Crippen molar-refractivity contribution >= 4 is 12.0 Å². The first-order chi connectivity index (χ1) is 9.63. The quantitative estimate of drug-likeness (QED) is 0.357. The second-order valence-corrected chi connectivity index (χ2v) is 3.75. The van der Waals surface area contributed by atoms with E-state index in [9.17, 15) is 9.90 Å². The predicted molar refractivity (Wildman–Crippen MR) is 74.2 cm³/mol. The summed E-state index contributed by atoms with van der Waals surface area (Å²) in [5.41, 5.74) is 8.76. The Hall–Kier alpha value is -2.66. The van der Waals surface area contributed by atoms with E-state index in [0.717, 1.165) is 0 Å². The van der Waals surface area contributed by atoms with Crippen LogP contribution in [0.2, 0.25) is 0 Å². The summed E-state index contributed by atoms with van der Waals surface area (Å²) in [7, 11) is 2.92. The van der Waals surface area contributed by atoms with Gasteiger partial charge in [-0.2, -0.15) is 0 Å². The molecule has 0 radical (unpaired) electrons. The third-order valence-electron chi connectivity index (χ3n) is 2.54. The fourth-order valence-corrected chi connectivity index (χ4v) is 1.61. The van der Waals surface area contributed by atoms with Crippen LogP contribution in [0.1, 0.15) is 22.3 Å². The lowest BCUT2D eigenvalue weighted by Crippen LogP contribution is -2.02. The van der Waals surface area contributed by atoms with Gasteiger partial charge >= 0.3 is 5.97 Å². The molecule has 0 atom stereocenters. The monoisotopic (exact) mass is 277 g/mol. The van der Waals surface area contributed by atoms with Crippen LogP contribution in [0.4, 0.5) is 0 Å². The van der Waals surface area contributed by atoms with Gasteiger partial charge in [0.15, 0.2) is 11.5 Å². The lowest BCUT2D eigenvalue weighted by molar-refractivity contribution is 0.0696. The molecule has 1 aromatic carbocycles. The third kappa shape index (κ3) is 3.93. The number of rotatable bonds is 7. The molecule has 0 fully saturated rings. The average molecular weight is 277 g/mol. The molecule has 0 saturated carbocycles. The van der Waals surface area contributed by atoms with E-state index in [-0.39, 0.29) is 5.56 Å². The Kier molecular flexibility index (Phi) is 5.93. The molecule has 0 aromatic heterocycles. The Morgan fingerprint density at radius 2 is 2.05 bits per heavy atom. The molecule has 0 aliphatic carbocycles. The summed E-state index contributed by atoms with van der Waals surface area (Å²) in [4.78, 5) is 13.9. The third-order valence-corrected chi connectivity index (χ3v) is 2.54. The van der Waals surface area contributed by atoms with Crippen LogP contribution >= 0.6 is 0 Å². The Morgan fingerprint density at radius 3 is 2.60 bits per heavy atom. The van der Waals surface area contributed by atoms with Crippen LogP contribution in [0, 0.1) is 0 Å². The molecule has 0 bridgehead atoms. The second-order valence-electron chi connectivity index (χ2n) is 3.75. The van der Waals surface area contributed by atoms with E-state index in [4.69, 9.17) is 15.0 Å². The maximum Gasteiger partial charge on any atom is 0.336 e. The summed E-state index contributed by atoms with van der Waals surface area (Å²) >= 11 is 0. The van der Waals surface area contributed by atoms with Crippen molar-refractivity contribution in [1.82, 2.24) is 0 Å². The van der Waals surface area contributed by atoms with Gasteiger partial charge in [0, 0.05) is 11.5 Å². The number of methoxy groups -OCH3 is 2. The first-order valence-electron chi connectivity index (χ1n) is 5.80.